The minimum Gasteiger partial charge on any atom is -0.345 e. The predicted octanol–water partition coefficient (Wildman–Crippen LogP) is 3.08. The number of rotatable bonds is 5. The van der Waals surface area contributed by atoms with Crippen LogP contribution in [-0.4, -0.2) is 30.8 Å². The minimum atomic E-state index is -0.435. The summed E-state index contributed by atoms with van der Waals surface area (Å²) in [6, 6.07) is 16.0. The van der Waals surface area contributed by atoms with Crippen molar-refractivity contribution in [1.29, 1.82) is 0 Å². The van der Waals surface area contributed by atoms with Gasteiger partial charge in [0.2, 0.25) is 5.91 Å². The number of carbonyl (C=O) groups excluding carboxylic acids is 2. The lowest BCUT2D eigenvalue weighted by molar-refractivity contribution is -0.120. The van der Waals surface area contributed by atoms with Gasteiger partial charge in [0.05, 0.1) is 17.2 Å². The summed E-state index contributed by atoms with van der Waals surface area (Å²) in [6.07, 6.45) is 0. The molecule has 2 aromatic rings. The van der Waals surface area contributed by atoms with Crippen molar-refractivity contribution >= 4 is 29.9 Å². The maximum absolute atomic E-state index is 12.6. The lowest BCUT2D eigenvalue weighted by Gasteiger charge is -2.21. The predicted molar refractivity (Wildman–Crippen MR) is 103 cm³/mol. The van der Waals surface area contributed by atoms with E-state index < -0.39 is 12.0 Å². The van der Waals surface area contributed by atoms with Gasteiger partial charge in [0, 0.05) is 20.1 Å². The van der Waals surface area contributed by atoms with Gasteiger partial charge in [0.1, 0.15) is 0 Å². The fraction of sp³-hybridized carbons (Fsp3) is 0.263. The van der Waals surface area contributed by atoms with Gasteiger partial charge in [-0.25, -0.2) is 0 Å². The van der Waals surface area contributed by atoms with Crippen LogP contribution < -0.4 is 11.1 Å². The first-order valence-electron chi connectivity index (χ1n) is 7.84. The van der Waals surface area contributed by atoms with E-state index in [1.807, 2.05) is 30.3 Å². The Balaban J connectivity index is 0.00000312. The quantitative estimate of drug-likeness (QED) is 0.859. The Kier molecular flexibility index (Phi) is 7.61. The number of hydrogen-bond donors (Lipinski definition) is 2. The molecule has 6 heteroatoms. The van der Waals surface area contributed by atoms with Crippen LogP contribution in [0.1, 0.15) is 28.9 Å². The van der Waals surface area contributed by atoms with Crippen LogP contribution in [0.25, 0.3) is 0 Å². The van der Waals surface area contributed by atoms with Crippen molar-refractivity contribution in [2.45, 2.75) is 13.0 Å². The van der Waals surface area contributed by atoms with E-state index in [2.05, 4.69) is 5.32 Å². The van der Waals surface area contributed by atoms with Gasteiger partial charge in [-0.15, -0.1) is 12.4 Å². The van der Waals surface area contributed by atoms with Crippen LogP contribution in [0.15, 0.2) is 54.6 Å². The fourth-order valence-electron chi connectivity index (χ4n) is 2.39. The van der Waals surface area contributed by atoms with E-state index in [9.17, 15) is 9.59 Å². The maximum Gasteiger partial charge on any atom is 0.255 e. The summed E-state index contributed by atoms with van der Waals surface area (Å²) in [5.74, 6) is -0.814. The number of amides is 2. The highest BCUT2D eigenvalue weighted by molar-refractivity contribution is 6.04. The molecule has 0 aliphatic heterocycles. The first-order valence-corrected chi connectivity index (χ1v) is 7.84. The van der Waals surface area contributed by atoms with Crippen LogP contribution in [0.3, 0.4) is 0 Å². The highest BCUT2D eigenvalue weighted by Crippen LogP contribution is 2.22. The average Bonchev–Trinajstić information content (AvgIpc) is 2.60. The zero-order valence-electron chi connectivity index (χ0n) is 14.6. The molecule has 0 aliphatic rings. The zero-order valence-corrected chi connectivity index (χ0v) is 15.4. The Morgan fingerprint density at radius 3 is 2.16 bits per heavy atom. The van der Waals surface area contributed by atoms with E-state index >= 15 is 0 Å². The summed E-state index contributed by atoms with van der Waals surface area (Å²) in [5.41, 5.74) is 8.05. The molecule has 2 unspecified atom stereocenters. The number of nitrogens with zero attached hydrogens (tertiary/aromatic N) is 1. The van der Waals surface area contributed by atoms with Gasteiger partial charge >= 0.3 is 0 Å². The number of nitrogens with two attached hydrogens (primary N) is 1. The largest absolute Gasteiger partial charge is 0.345 e. The number of benzene rings is 2. The van der Waals surface area contributed by atoms with Crippen LogP contribution >= 0.6 is 12.4 Å². The molecule has 2 amide bonds. The Bertz CT molecular complexity index is 720. The summed E-state index contributed by atoms with van der Waals surface area (Å²) < 4.78 is 0. The average molecular weight is 362 g/mol. The Labute approximate surface area is 154 Å². The van der Waals surface area contributed by atoms with E-state index in [1.54, 1.807) is 45.3 Å². The van der Waals surface area contributed by atoms with E-state index in [-0.39, 0.29) is 24.2 Å². The summed E-state index contributed by atoms with van der Waals surface area (Å²) in [4.78, 5) is 26.3. The van der Waals surface area contributed by atoms with Crippen molar-refractivity contribution in [3.05, 3.63) is 65.7 Å². The van der Waals surface area contributed by atoms with Gasteiger partial charge in [-0.2, -0.15) is 0 Å². The molecule has 2 aromatic carbocycles. The molecule has 0 bridgehead atoms. The molecule has 0 fully saturated rings. The molecule has 0 aromatic heterocycles. The monoisotopic (exact) mass is 361 g/mol. The van der Waals surface area contributed by atoms with Crippen molar-refractivity contribution in [1.82, 2.24) is 4.90 Å². The van der Waals surface area contributed by atoms with E-state index in [0.717, 1.165) is 5.56 Å². The van der Waals surface area contributed by atoms with Crippen LogP contribution in [0.5, 0.6) is 0 Å². The van der Waals surface area contributed by atoms with Crippen LogP contribution in [-0.2, 0) is 4.79 Å². The van der Waals surface area contributed by atoms with Gasteiger partial charge in [-0.05, 0) is 17.7 Å². The number of carbonyl (C=O) groups is 2. The highest BCUT2D eigenvalue weighted by atomic mass is 35.5. The first-order chi connectivity index (χ1) is 11.4. The van der Waals surface area contributed by atoms with Crippen molar-refractivity contribution in [3.63, 3.8) is 0 Å². The van der Waals surface area contributed by atoms with Crippen molar-refractivity contribution in [3.8, 4) is 0 Å². The highest BCUT2D eigenvalue weighted by Gasteiger charge is 2.23. The van der Waals surface area contributed by atoms with Gasteiger partial charge in [0.25, 0.3) is 5.91 Å². The molecule has 0 aliphatic carbocycles. The van der Waals surface area contributed by atoms with Crippen LogP contribution in [0, 0.1) is 5.92 Å². The maximum atomic E-state index is 12.6. The van der Waals surface area contributed by atoms with Crippen molar-refractivity contribution < 1.29 is 9.59 Å². The van der Waals surface area contributed by atoms with E-state index in [4.69, 9.17) is 5.73 Å². The molecule has 0 radical (unpaired) electrons. The van der Waals surface area contributed by atoms with Gasteiger partial charge in [-0.1, -0.05) is 49.4 Å². The second kappa shape index (κ2) is 9.20. The normalized spacial score (nSPS) is 12.5. The summed E-state index contributed by atoms with van der Waals surface area (Å²) >= 11 is 0. The van der Waals surface area contributed by atoms with Crippen molar-refractivity contribution in [2.24, 2.45) is 11.7 Å². The molecule has 25 heavy (non-hydrogen) atoms. The second-order valence-corrected chi connectivity index (χ2v) is 5.96. The van der Waals surface area contributed by atoms with Gasteiger partial charge < -0.3 is 16.0 Å². The SMILES string of the molecule is CC(C(=O)Nc1ccccc1C(=O)N(C)C)C(N)c1ccccc1.Cl. The number of para-hydroxylation sites is 1. The van der Waals surface area contributed by atoms with Gasteiger partial charge in [-0.3, -0.25) is 9.59 Å². The van der Waals surface area contributed by atoms with Crippen LogP contribution in [0.4, 0.5) is 5.69 Å². The second-order valence-electron chi connectivity index (χ2n) is 5.96. The third-order valence-corrected chi connectivity index (χ3v) is 3.96. The Morgan fingerprint density at radius 2 is 1.56 bits per heavy atom. The van der Waals surface area contributed by atoms with Crippen LogP contribution in [0.2, 0.25) is 0 Å². The molecule has 5 nitrogen and oxygen atoms in total. The third-order valence-electron chi connectivity index (χ3n) is 3.96. The van der Waals surface area contributed by atoms with E-state index in [0.29, 0.717) is 11.3 Å². The topological polar surface area (TPSA) is 75.4 Å². The fourth-order valence-corrected chi connectivity index (χ4v) is 2.39. The molecule has 3 N–H and O–H groups in total. The molecule has 2 rings (SSSR count). The number of anilines is 1. The number of nitrogens with one attached hydrogen (secondary N) is 1. The number of hydrogen-bond acceptors (Lipinski definition) is 3. The van der Waals surface area contributed by atoms with E-state index in [1.165, 1.54) is 4.90 Å². The standard InChI is InChI=1S/C19H23N3O2.ClH/c1-13(17(20)14-9-5-4-6-10-14)18(23)21-16-12-8-7-11-15(16)19(24)22(2)3;/h4-13,17H,20H2,1-3H3,(H,21,23);1H. The summed E-state index contributed by atoms with van der Waals surface area (Å²) in [6.45, 7) is 1.78. The smallest absolute Gasteiger partial charge is 0.255 e. The molecule has 134 valence electrons. The van der Waals surface area contributed by atoms with Crippen molar-refractivity contribution in [2.75, 3.05) is 19.4 Å². The van der Waals surface area contributed by atoms with Gasteiger partial charge in [0.15, 0.2) is 0 Å². The Hall–Kier alpha value is -2.37. The number of halogens is 1. The summed E-state index contributed by atoms with van der Waals surface area (Å²) in [7, 11) is 3.35. The first kappa shape index (κ1) is 20.7. The zero-order chi connectivity index (χ0) is 17.7. The molecule has 0 heterocycles. The lowest BCUT2D eigenvalue weighted by Crippen LogP contribution is -2.31. The minimum absolute atomic E-state index is 0. The molecule has 2 atom stereocenters. The Morgan fingerprint density at radius 1 is 1.00 bits per heavy atom. The molecule has 0 spiro atoms. The third kappa shape index (κ3) is 5.05. The summed E-state index contributed by atoms with van der Waals surface area (Å²) in [5, 5.41) is 2.83. The molecular formula is C19H24ClN3O2. The molecule has 0 saturated heterocycles. The molecular weight excluding hydrogens is 338 g/mol. The lowest BCUT2D eigenvalue weighted by atomic mass is 9.94. The molecule has 0 saturated carbocycles.